The summed E-state index contributed by atoms with van der Waals surface area (Å²) >= 11 is 0. The van der Waals surface area contributed by atoms with Crippen LogP contribution in [0, 0.1) is 5.41 Å². The van der Waals surface area contributed by atoms with Gasteiger partial charge in [-0.2, -0.15) is 0 Å². The van der Waals surface area contributed by atoms with Crippen molar-refractivity contribution >= 4 is 0 Å². The van der Waals surface area contributed by atoms with Crippen molar-refractivity contribution in [2.24, 2.45) is 5.41 Å². The smallest absolute Gasteiger partial charge is 0.119 e. The van der Waals surface area contributed by atoms with Crippen LogP contribution in [0.3, 0.4) is 0 Å². The Labute approximate surface area is 122 Å². The molecule has 2 unspecified atom stereocenters. The van der Waals surface area contributed by atoms with Gasteiger partial charge in [-0.05, 0) is 30.7 Å². The van der Waals surface area contributed by atoms with Gasteiger partial charge in [0.15, 0.2) is 0 Å². The van der Waals surface area contributed by atoms with Crippen LogP contribution in [0.5, 0.6) is 5.75 Å². The minimum atomic E-state index is 0.199. The Balaban J connectivity index is 1.88. The second-order valence-electron chi connectivity index (χ2n) is 6.16. The predicted octanol–water partition coefficient (Wildman–Crippen LogP) is 3.03. The van der Waals surface area contributed by atoms with Crippen molar-refractivity contribution in [1.29, 1.82) is 0 Å². The lowest BCUT2D eigenvalue weighted by Gasteiger charge is -2.51. The Morgan fingerprint density at radius 1 is 1.25 bits per heavy atom. The van der Waals surface area contributed by atoms with Crippen LogP contribution in [0.2, 0.25) is 0 Å². The number of hydrogen-bond donors (Lipinski definition) is 1. The highest BCUT2D eigenvalue weighted by Gasteiger charge is 2.49. The lowest BCUT2D eigenvalue weighted by molar-refractivity contribution is -0.0541. The lowest BCUT2D eigenvalue weighted by Crippen LogP contribution is -2.62. The molecule has 0 aromatic heterocycles. The molecule has 1 aromatic rings. The van der Waals surface area contributed by atoms with E-state index in [4.69, 9.17) is 9.47 Å². The highest BCUT2D eigenvalue weighted by molar-refractivity contribution is 5.28. The maximum absolute atomic E-state index is 6.13. The molecule has 0 radical (unpaired) electrons. The molecule has 1 aliphatic carbocycles. The summed E-state index contributed by atoms with van der Waals surface area (Å²) in [7, 11) is 1.73. The fourth-order valence-electron chi connectivity index (χ4n) is 2.80. The maximum Gasteiger partial charge on any atom is 0.119 e. The Morgan fingerprint density at radius 2 is 1.95 bits per heavy atom. The molecule has 0 spiro atoms. The fourth-order valence-corrected chi connectivity index (χ4v) is 2.80. The molecule has 1 N–H and O–H groups in total. The average Bonchev–Trinajstić information content (AvgIpc) is 2.45. The third-order valence-corrected chi connectivity index (χ3v) is 4.42. The number of methoxy groups -OCH3 is 1. The molecular weight excluding hydrogens is 250 g/mol. The molecule has 0 saturated heterocycles. The number of nitrogens with one attached hydrogen (secondary N) is 1. The summed E-state index contributed by atoms with van der Waals surface area (Å²) < 4.78 is 11.2. The van der Waals surface area contributed by atoms with E-state index in [0.717, 1.165) is 31.7 Å². The SMILES string of the molecule is CCNC1CC(Oc2ccc(CCOC)cc2)C1(C)C. The minimum absolute atomic E-state index is 0.199. The van der Waals surface area contributed by atoms with Gasteiger partial charge < -0.3 is 14.8 Å². The molecule has 0 aliphatic heterocycles. The molecule has 1 aromatic carbocycles. The normalized spacial score (nSPS) is 24.2. The summed E-state index contributed by atoms with van der Waals surface area (Å²) in [6, 6.07) is 8.96. The number of benzene rings is 1. The highest BCUT2D eigenvalue weighted by atomic mass is 16.5. The number of ether oxygens (including phenoxy) is 2. The summed E-state index contributed by atoms with van der Waals surface area (Å²) in [5, 5.41) is 3.53. The molecule has 0 bridgehead atoms. The third-order valence-electron chi connectivity index (χ3n) is 4.42. The standard InChI is InChI=1S/C17H27NO2/c1-5-18-15-12-16(17(15,2)3)20-14-8-6-13(7-9-14)10-11-19-4/h6-9,15-16,18H,5,10-12H2,1-4H3. The maximum atomic E-state index is 6.13. The lowest BCUT2D eigenvalue weighted by atomic mass is 9.64. The topological polar surface area (TPSA) is 30.5 Å². The van der Waals surface area contributed by atoms with Crippen molar-refractivity contribution in [2.45, 2.75) is 45.8 Å². The summed E-state index contributed by atoms with van der Waals surface area (Å²) in [4.78, 5) is 0. The summed E-state index contributed by atoms with van der Waals surface area (Å²) in [5.41, 5.74) is 1.49. The fraction of sp³-hybridized carbons (Fsp3) is 0.647. The van der Waals surface area contributed by atoms with Crippen LogP contribution >= 0.6 is 0 Å². The molecule has 1 saturated carbocycles. The largest absolute Gasteiger partial charge is 0.490 e. The van der Waals surface area contributed by atoms with Gasteiger partial charge in [-0.1, -0.05) is 32.9 Å². The molecule has 3 nitrogen and oxygen atoms in total. The van der Waals surface area contributed by atoms with Gasteiger partial charge in [0.05, 0.1) is 6.61 Å². The van der Waals surface area contributed by atoms with Crippen molar-refractivity contribution in [3.8, 4) is 5.75 Å². The van der Waals surface area contributed by atoms with Crippen molar-refractivity contribution in [1.82, 2.24) is 5.32 Å². The molecule has 2 atom stereocenters. The molecule has 1 fully saturated rings. The van der Waals surface area contributed by atoms with E-state index < -0.39 is 0 Å². The van der Waals surface area contributed by atoms with E-state index in [0.29, 0.717) is 12.1 Å². The van der Waals surface area contributed by atoms with E-state index in [1.807, 2.05) is 0 Å². The quantitative estimate of drug-likeness (QED) is 0.831. The van der Waals surface area contributed by atoms with E-state index in [2.05, 4.69) is 50.4 Å². The van der Waals surface area contributed by atoms with E-state index in [9.17, 15) is 0 Å². The minimum Gasteiger partial charge on any atom is -0.490 e. The first-order valence-electron chi connectivity index (χ1n) is 7.55. The molecule has 2 rings (SSSR count). The van der Waals surface area contributed by atoms with Crippen LogP contribution in [0.4, 0.5) is 0 Å². The van der Waals surface area contributed by atoms with Gasteiger partial charge in [0.2, 0.25) is 0 Å². The van der Waals surface area contributed by atoms with E-state index >= 15 is 0 Å². The molecule has 112 valence electrons. The molecular formula is C17H27NO2. The van der Waals surface area contributed by atoms with Crippen molar-refractivity contribution in [2.75, 3.05) is 20.3 Å². The van der Waals surface area contributed by atoms with Gasteiger partial charge in [0.1, 0.15) is 11.9 Å². The third kappa shape index (κ3) is 3.33. The van der Waals surface area contributed by atoms with Crippen LogP contribution in [0.1, 0.15) is 32.8 Å². The first-order valence-corrected chi connectivity index (χ1v) is 7.55. The summed E-state index contributed by atoms with van der Waals surface area (Å²) in [5.74, 6) is 0.971. The molecule has 0 amide bonds. The van der Waals surface area contributed by atoms with Crippen LogP contribution in [0.15, 0.2) is 24.3 Å². The van der Waals surface area contributed by atoms with Gasteiger partial charge in [0, 0.05) is 25.0 Å². The molecule has 20 heavy (non-hydrogen) atoms. The molecule has 3 heteroatoms. The van der Waals surface area contributed by atoms with Crippen LogP contribution in [0.25, 0.3) is 0 Å². The zero-order valence-corrected chi connectivity index (χ0v) is 13.1. The van der Waals surface area contributed by atoms with Crippen molar-refractivity contribution in [3.05, 3.63) is 29.8 Å². The van der Waals surface area contributed by atoms with Crippen LogP contribution in [-0.2, 0) is 11.2 Å². The Morgan fingerprint density at radius 3 is 2.50 bits per heavy atom. The van der Waals surface area contributed by atoms with E-state index in [1.54, 1.807) is 7.11 Å². The Hall–Kier alpha value is -1.06. The Bertz CT molecular complexity index is 414. The first-order chi connectivity index (χ1) is 9.57. The van der Waals surface area contributed by atoms with Gasteiger partial charge in [-0.3, -0.25) is 0 Å². The van der Waals surface area contributed by atoms with E-state index in [-0.39, 0.29) is 5.41 Å². The summed E-state index contributed by atoms with van der Waals surface area (Å²) in [6.07, 6.45) is 2.34. The molecule has 1 aliphatic rings. The zero-order chi connectivity index (χ0) is 14.6. The van der Waals surface area contributed by atoms with Crippen molar-refractivity contribution in [3.63, 3.8) is 0 Å². The zero-order valence-electron chi connectivity index (χ0n) is 13.1. The average molecular weight is 277 g/mol. The second kappa shape index (κ2) is 6.59. The second-order valence-corrected chi connectivity index (χ2v) is 6.16. The number of rotatable bonds is 7. The van der Waals surface area contributed by atoms with Crippen LogP contribution < -0.4 is 10.1 Å². The van der Waals surface area contributed by atoms with Gasteiger partial charge in [-0.15, -0.1) is 0 Å². The van der Waals surface area contributed by atoms with Gasteiger partial charge in [-0.25, -0.2) is 0 Å². The van der Waals surface area contributed by atoms with E-state index in [1.165, 1.54) is 5.56 Å². The van der Waals surface area contributed by atoms with Gasteiger partial charge >= 0.3 is 0 Å². The van der Waals surface area contributed by atoms with Crippen LogP contribution in [-0.4, -0.2) is 32.4 Å². The number of hydrogen-bond acceptors (Lipinski definition) is 3. The Kier molecular flexibility index (Phi) is 5.06. The summed E-state index contributed by atoms with van der Waals surface area (Å²) in [6.45, 7) is 8.50. The van der Waals surface area contributed by atoms with Crippen molar-refractivity contribution < 1.29 is 9.47 Å². The monoisotopic (exact) mass is 277 g/mol. The van der Waals surface area contributed by atoms with Gasteiger partial charge in [0.25, 0.3) is 0 Å². The molecule has 0 heterocycles. The first kappa shape index (κ1) is 15.3. The highest BCUT2D eigenvalue weighted by Crippen LogP contribution is 2.43. The predicted molar refractivity (Wildman–Crippen MR) is 82.3 cm³/mol.